The molecule has 0 saturated carbocycles. The Balaban J connectivity index is 0.000000220. The van der Waals surface area contributed by atoms with Crippen molar-refractivity contribution in [1.82, 2.24) is 10.9 Å². The Morgan fingerprint density at radius 1 is 0.636 bits per heavy atom. The molecular formula is C14H18N6O2. The predicted octanol–water partition coefficient (Wildman–Crippen LogP) is 1.36. The first kappa shape index (κ1) is 17.0. The zero-order valence-electron chi connectivity index (χ0n) is 11.7. The predicted molar refractivity (Wildman–Crippen MR) is 85.6 cm³/mol. The van der Waals surface area contributed by atoms with Crippen LogP contribution in [-0.2, 0) is 0 Å². The van der Waals surface area contributed by atoms with Crippen LogP contribution in [0.3, 0.4) is 0 Å². The Morgan fingerprint density at radius 3 is 1.23 bits per heavy atom. The maximum absolute atomic E-state index is 10.6. The van der Waals surface area contributed by atoms with Gasteiger partial charge in [0, 0.05) is 11.4 Å². The van der Waals surface area contributed by atoms with Gasteiger partial charge in [-0.15, -0.1) is 0 Å². The molecule has 0 saturated heterocycles. The van der Waals surface area contributed by atoms with Gasteiger partial charge < -0.3 is 10.6 Å². The number of hydrogen-bond donors (Lipinski definition) is 6. The third-order valence-corrected chi connectivity index (χ3v) is 2.33. The van der Waals surface area contributed by atoms with Crippen molar-refractivity contribution in [2.75, 3.05) is 10.6 Å². The molecule has 0 bridgehead atoms. The number of rotatable bonds is 2. The molecule has 2 aromatic carbocycles. The Hall–Kier alpha value is -3.10. The van der Waals surface area contributed by atoms with Crippen LogP contribution in [-0.4, -0.2) is 12.1 Å². The van der Waals surface area contributed by atoms with E-state index in [0.717, 1.165) is 11.4 Å². The topological polar surface area (TPSA) is 134 Å². The minimum Gasteiger partial charge on any atom is -0.307 e. The van der Waals surface area contributed by atoms with Crippen molar-refractivity contribution in [3.8, 4) is 0 Å². The number of anilines is 2. The molecule has 8 N–H and O–H groups in total. The van der Waals surface area contributed by atoms with E-state index in [1.165, 1.54) is 0 Å². The van der Waals surface area contributed by atoms with Crippen LogP contribution >= 0.6 is 0 Å². The largest absolute Gasteiger partial charge is 0.333 e. The first-order valence-electron chi connectivity index (χ1n) is 6.31. The summed E-state index contributed by atoms with van der Waals surface area (Å²) in [6.45, 7) is 0. The number of hydrogen-bond acceptors (Lipinski definition) is 4. The highest BCUT2D eigenvalue weighted by Gasteiger charge is 1.95. The maximum Gasteiger partial charge on any atom is 0.333 e. The lowest BCUT2D eigenvalue weighted by Gasteiger charge is -2.01. The minimum absolute atomic E-state index is 0.420. The van der Waals surface area contributed by atoms with Gasteiger partial charge in [-0.25, -0.2) is 21.3 Å². The van der Waals surface area contributed by atoms with Gasteiger partial charge in [-0.2, -0.15) is 0 Å². The van der Waals surface area contributed by atoms with E-state index in [1.807, 2.05) is 47.2 Å². The van der Waals surface area contributed by atoms with Gasteiger partial charge in [-0.3, -0.25) is 10.9 Å². The molecule has 0 fully saturated rings. The van der Waals surface area contributed by atoms with Crippen LogP contribution in [0.4, 0.5) is 21.0 Å². The maximum atomic E-state index is 10.6. The number of benzene rings is 2. The average molecular weight is 302 g/mol. The first-order valence-corrected chi connectivity index (χ1v) is 6.31. The minimum atomic E-state index is -0.420. The molecule has 2 rings (SSSR count). The van der Waals surface area contributed by atoms with Gasteiger partial charge in [-0.1, -0.05) is 36.4 Å². The quantitative estimate of drug-likeness (QED) is 0.284. The van der Waals surface area contributed by atoms with Crippen LogP contribution in [0.2, 0.25) is 0 Å². The van der Waals surface area contributed by atoms with Gasteiger partial charge in [0.25, 0.3) is 0 Å². The number of carbonyl (C=O) groups is 2. The average Bonchev–Trinajstić information content (AvgIpc) is 2.57. The number of nitrogens with two attached hydrogens (primary N) is 2. The summed E-state index contributed by atoms with van der Waals surface area (Å²) < 4.78 is 0. The second-order valence-corrected chi connectivity index (χ2v) is 3.93. The first-order chi connectivity index (χ1) is 10.7. The highest BCUT2D eigenvalue weighted by atomic mass is 16.2. The van der Waals surface area contributed by atoms with Crippen molar-refractivity contribution in [3.63, 3.8) is 0 Å². The van der Waals surface area contributed by atoms with E-state index in [9.17, 15) is 9.59 Å². The number of amides is 4. The lowest BCUT2D eigenvalue weighted by molar-refractivity contribution is 0.251. The molecule has 0 aliphatic carbocycles. The SMILES string of the molecule is NNC(=O)Nc1ccccc1.NNC(=O)Nc1ccccc1. The van der Waals surface area contributed by atoms with Gasteiger partial charge in [0.2, 0.25) is 0 Å². The Bertz CT molecular complexity index is 523. The van der Waals surface area contributed by atoms with E-state index < -0.39 is 12.1 Å². The monoisotopic (exact) mass is 302 g/mol. The molecule has 22 heavy (non-hydrogen) atoms. The summed E-state index contributed by atoms with van der Waals surface area (Å²) in [5.41, 5.74) is 5.36. The van der Waals surface area contributed by atoms with Crippen molar-refractivity contribution in [1.29, 1.82) is 0 Å². The molecule has 4 amide bonds. The van der Waals surface area contributed by atoms with Crippen molar-refractivity contribution in [2.45, 2.75) is 0 Å². The molecule has 0 spiro atoms. The number of carbonyl (C=O) groups excluding carboxylic acids is 2. The molecule has 0 aliphatic rings. The van der Waals surface area contributed by atoms with Crippen LogP contribution in [0.25, 0.3) is 0 Å². The Labute approximate surface area is 127 Å². The lowest BCUT2D eigenvalue weighted by Crippen LogP contribution is -2.34. The van der Waals surface area contributed by atoms with Gasteiger partial charge in [0.15, 0.2) is 0 Å². The van der Waals surface area contributed by atoms with Gasteiger partial charge in [0.05, 0.1) is 0 Å². The van der Waals surface area contributed by atoms with Gasteiger partial charge >= 0.3 is 12.1 Å². The van der Waals surface area contributed by atoms with Gasteiger partial charge in [0.1, 0.15) is 0 Å². The van der Waals surface area contributed by atoms with E-state index in [4.69, 9.17) is 11.7 Å². The van der Waals surface area contributed by atoms with E-state index in [0.29, 0.717) is 0 Å². The molecule has 2 aromatic rings. The standard InChI is InChI=1S/2C7H9N3O/c2*8-10-7(11)9-6-4-2-1-3-5-6/h2*1-5H,8H2,(H2,9,10,11). The zero-order valence-corrected chi connectivity index (χ0v) is 11.7. The summed E-state index contributed by atoms with van der Waals surface area (Å²) in [6, 6.07) is 17.3. The number of hydrazine groups is 2. The van der Waals surface area contributed by atoms with E-state index in [2.05, 4.69) is 10.6 Å². The second kappa shape index (κ2) is 9.75. The lowest BCUT2D eigenvalue weighted by atomic mass is 10.3. The van der Waals surface area contributed by atoms with Gasteiger partial charge in [-0.05, 0) is 24.3 Å². The summed E-state index contributed by atoms with van der Waals surface area (Å²) >= 11 is 0. The molecule has 0 radical (unpaired) electrons. The van der Waals surface area contributed by atoms with E-state index >= 15 is 0 Å². The van der Waals surface area contributed by atoms with Crippen LogP contribution in [0.1, 0.15) is 0 Å². The summed E-state index contributed by atoms with van der Waals surface area (Å²) in [6.07, 6.45) is 0. The summed E-state index contributed by atoms with van der Waals surface area (Å²) in [4.78, 5) is 21.3. The molecule has 8 nitrogen and oxygen atoms in total. The third-order valence-electron chi connectivity index (χ3n) is 2.33. The van der Waals surface area contributed by atoms with Crippen LogP contribution in [0, 0.1) is 0 Å². The van der Waals surface area contributed by atoms with Crippen molar-refractivity contribution >= 4 is 23.4 Å². The van der Waals surface area contributed by atoms with E-state index in [-0.39, 0.29) is 0 Å². The fraction of sp³-hybridized carbons (Fsp3) is 0. The van der Waals surface area contributed by atoms with Crippen molar-refractivity contribution in [3.05, 3.63) is 60.7 Å². The fourth-order valence-corrected chi connectivity index (χ4v) is 1.38. The number of urea groups is 2. The summed E-state index contributed by atoms with van der Waals surface area (Å²) in [5.74, 6) is 9.72. The third kappa shape index (κ3) is 6.89. The molecule has 0 heterocycles. The molecule has 0 aliphatic heterocycles. The molecule has 116 valence electrons. The highest BCUT2D eigenvalue weighted by Crippen LogP contribution is 2.04. The number of nitrogens with one attached hydrogen (secondary N) is 4. The number of para-hydroxylation sites is 2. The highest BCUT2D eigenvalue weighted by molar-refractivity contribution is 5.89. The molecular weight excluding hydrogens is 284 g/mol. The Kier molecular flexibility index (Phi) is 7.51. The molecule has 0 unspecified atom stereocenters. The summed E-state index contributed by atoms with van der Waals surface area (Å²) in [5, 5.41) is 5.03. The Morgan fingerprint density at radius 2 is 0.955 bits per heavy atom. The second-order valence-electron chi connectivity index (χ2n) is 3.93. The molecule has 8 heteroatoms. The van der Waals surface area contributed by atoms with Crippen molar-refractivity contribution in [2.24, 2.45) is 11.7 Å². The van der Waals surface area contributed by atoms with Crippen LogP contribution in [0.15, 0.2) is 60.7 Å². The van der Waals surface area contributed by atoms with Crippen LogP contribution < -0.4 is 33.2 Å². The van der Waals surface area contributed by atoms with Crippen molar-refractivity contribution < 1.29 is 9.59 Å². The molecule has 0 aromatic heterocycles. The fourth-order valence-electron chi connectivity index (χ4n) is 1.38. The van der Waals surface area contributed by atoms with Crippen LogP contribution in [0.5, 0.6) is 0 Å². The molecule has 0 atom stereocenters. The normalized spacial score (nSPS) is 8.82. The van der Waals surface area contributed by atoms with E-state index in [1.54, 1.807) is 24.3 Å². The zero-order chi connectivity index (χ0) is 16.2. The smallest absolute Gasteiger partial charge is 0.307 e. The summed E-state index contributed by atoms with van der Waals surface area (Å²) in [7, 11) is 0.